The highest BCUT2D eigenvalue weighted by atomic mass is 35.5. The number of hydrogen-bond acceptors (Lipinski definition) is 5. The number of nitrogens with zero attached hydrogens (tertiary/aromatic N) is 3. The summed E-state index contributed by atoms with van der Waals surface area (Å²) in [6.45, 7) is 6.66. The number of hydrogen-bond donors (Lipinski definition) is 0. The van der Waals surface area contributed by atoms with Gasteiger partial charge in [-0.2, -0.15) is 0 Å². The molecule has 26 heavy (non-hydrogen) atoms. The Bertz CT molecular complexity index is 799. The number of rotatable bonds is 8. The average molecular weight is 398 g/mol. The molecular formula is C18H24ClN3O3S. The van der Waals surface area contributed by atoms with Gasteiger partial charge in [0.15, 0.2) is 5.82 Å². The predicted octanol–water partition coefficient (Wildman–Crippen LogP) is 4.07. The Morgan fingerprint density at radius 2 is 2.04 bits per heavy atom. The van der Waals surface area contributed by atoms with Gasteiger partial charge < -0.3 is 9.47 Å². The molecule has 0 saturated carbocycles. The molecule has 2 aromatic rings. The van der Waals surface area contributed by atoms with Gasteiger partial charge in [0.25, 0.3) is 0 Å². The van der Waals surface area contributed by atoms with E-state index in [0.29, 0.717) is 18.3 Å². The highest BCUT2D eigenvalue weighted by Gasteiger charge is 2.14. The van der Waals surface area contributed by atoms with E-state index in [1.165, 1.54) is 4.91 Å². The molecule has 0 aromatic carbocycles. The van der Waals surface area contributed by atoms with Crippen LogP contribution in [0.15, 0.2) is 35.9 Å². The van der Waals surface area contributed by atoms with Gasteiger partial charge in [0.2, 0.25) is 5.88 Å². The molecule has 0 amide bonds. The molecule has 0 N–H and O–H groups in total. The summed E-state index contributed by atoms with van der Waals surface area (Å²) in [5, 5.41) is 4.40. The highest BCUT2D eigenvalue weighted by Crippen LogP contribution is 2.44. The molecule has 0 fully saturated rings. The third-order valence-electron chi connectivity index (χ3n) is 3.63. The van der Waals surface area contributed by atoms with Crippen LogP contribution in [0.5, 0.6) is 5.88 Å². The Labute approximate surface area is 160 Å². The molecule has 6 nitrogen and oxygen atoms in total. The van der Waals surface area contributed by atoms with Gasteiger partial charge in [-0.3, -0.25) is 0 Å². The molecule has 8 heteroatoms. The van der Waals surface area contributed by atoms with Gasteiger partial charge >= 0.3 is 5.97 Å². The minimum absolute atomic E-state index is 0.0726. The van der Waals surface area contributed by atoms with E-state index in [9.17, 15) is 4.79 Å². The first-order valence-corrected chi connectivity index (χ1v) is 11.3. The molecule has 0 aliphatic rings. The zero-order chi connectivity index (χ0) is 19.3. The Morgan fingerprint density at radius 1 is 1.31 bits per heavy atom. The molecule has 142 valence electrons. The number of esters is 1. The van der Waals surface area contributed by atoms with Crippen molar-refractivity contribution in [3.8, 4) is 11.7 Å². The summed E-state index contributed by atoms with van der Waals surface area (Å²) in [6.07, 6.45) is 9.14. The lowest BCUT2D eigenvalue weighted by molar-refractivity contribution is 0.0526. The van der Waals surface area contributed by atoms with Crippen molar-refractivity contribution in [3.05, 3.63) is 46.6 Å². The van der Waals surface area contributed by atoms with Crippen LogP contribution in [0.1, 0.15) is 23.7 Å². The summed E-state index contributed by atoms with van der Waals surface area (Å²) in [5.41, 5.74) is 0.226. The molecule has 0 radical (unpaired) electrons. The van der Waals surface area contributed by atoms with Crippen LogP contribution in [0.3, 0.4) is 0 Å². The SMILES string of the molecule is C=C(CCOc1ccn(-c2ccc(C(=O)OCC)c(Cl)n2)n1)S(C)(C)C. The monoisotopic (exact) mass is 397 g/mol. The lowest BCUT2D eigenvalue weighted by Crippen LogP contribution is -2.08. The maximum Gasteiger partial charge on any atom is 0.341 e. The van der Waals surface area contributed by atoms with E-state index >= 15 is 0 Å². The predicted molar refractivity (Wildman–Crippen MR) is 107 cm³/mol. The third kappa shape index (κ3) is 5.25. The van der Waals surface area contributed by atoms with Crippen molar-refractivity contribution in [3.63, 3.8) is 0 Å². The van der Waals surface area contributed by atoms with Crippen LogP contribution >= 0.6 is 21.6 Å². The minimum Gasteiger partial charge on any atom is -0.476 e. The van der Waals surface area contributed by atoms with Crippen LogP contribution in [0.4, 0.5) is 0 Å². The van der Waals surface area contributed by atoms with Gasteiger partial charge in [-0.05, 0) is 42.7 Å². The smallest absolute Gasteiger partial charge is 0.341 e. The summed E-state index contributed by atoms with van der Waals surface area (Å²) in [6, 6.07) is 4.97. The number of aromatic nitrogens is 3. The number of carbonyl (C=O) groups excluding carboxylic acids is 1. The van der Waals surface area contributed by atoms with Crippen molar-refractivity contribution in [2.75, 3.05) is 32.0 Å². The molecule has 0 aliphatic carbocycles. The van der Waals surface area contributed by atoms with E-state index < -0.39 is 16.0 Å². The molecule has 0 saturated heterocycles. The van der Waals surface area contributed by atoms with Gasteiger partial charge in [-0.25, -0.2) is 24.5 Å². The van der Waals surface area contributed by atoms with Crippen LogP contribution in [0, 0.1) is 0 Å². The van der Waals surface area contributed by atoms with Crippen molar-refractivity contribution in [2.45, 2.75) is 13.3 Å². The molecule has 0 atom stereocenters. The summed E-state index contributed by atoms with van der Waals surface area (Å²) in [5.74, 6) is 0.484. The number of carbonyl (C=O) groups is 1. The summed E-state index contributed by atoms with van der Waals surface area (Å²) >= 11 is 6.09. The number of ether oxygens (including phenoxy) is 2. The Kier molecular flexibility index (Phi) is 6.72. The molecule has 0 spiro atoms. The first kappa shape index (κ1) is 20.3. The lowest BCUT2D eigenvalue weighted by Gasteiger charge is -2.27. The third-order valence-corrected chi connectivity index (χ3v) is 5.85. The maximum atomic E-state index is 11.8. The second-order valence-electron chi connectivity index (χ2n) is 6.30. The quantitative estimate of drug-likeness (QED) is 0.496. The lowest BCUT2D eigenvalue weighted by atomic mass is 10.3. The van der Waals surface area contributed by atoms with E-state index in [1.807, 2.05) is 0 Å². The van der Waals surface area contributed by atoms with E-state index in [0.717, 1.165) is 6.42 Å². The Balaban J connectivity index is 2.02. The fourth-order valence-electron chi connectivity index (χ4n) is 2.00. The van der Waals surface area contributed by atoms with Gasteiger partial charge in [-0.15, -0.1) is 5.10 Å². The van der Waals surface area contributed by atoms with Crippen molar-refractivity contribution in [2.24, 2.45) is 0 Å². The maximum absolute atomic E-state index is 11.8. The first-order chi connectivity index (χ1) is 12.2. The van der Waals surface area contributed by atoms with Crippen LogP contribution in [0.2, 0.25) is 5.15 Å². The zero-order valence-corrected chi connectivity index (χ0v) is 17.1. The molecule has 0 bridgehead atoms. The van der Waals surface area contributed by atoms with Crippen LogP contribution in [-0.4, -0.2) is 52.7 Å². The molecule has 2 aromatic heterocycles. The fraction of sp³-hybridized carbons (Fsp3) is 0.389. The van der Waals surface area contributed by atoms with Crippen LogP contribution in [-0.2, 0) is 4.74 Å². The largest absolute Gasteiger partial charge is 0.476 e. The van der Waals surface area contributed by atoms with Crippen molar-refractivity contribution in [1.29, 1.82) is 0 Å². The second kappa shape index (κ2) is 8.60. The first-order valence-electron chi connectivity index (χ1n) is 8.11. The van der Waals surface area contributed by atoms with Crippen molar-refractivity contribution < 1.29 is 14.3 Å². The summed E-state index contributed by atoms with van der Waals surface area (Å²) in [7, 11) is -0.778. The highest BCUT2D eigenvalue weighted by molar-refractivity contribution is 8.35. The van der Waals surface area contributed by atoms with Gasteiger partial charge in [0, 0.05) is 18.7 Å². The van der Waals surface area contributed by atoms with E-state index in [2.05, 4.69) is 35.4 Å². The van der Waals surface area contributed by atoms with Gasteiger partial charge in [0.1, 0.15) is 5.15 Å². The Hall–Kier alpha value is -1.99. The normalized spacial score (nSPS) is 11.9. The number of halogens is 1. The average Bonchev–Trinajstić information content (AvgIpc) is 3.02. The van der Waals surface area contributed by atoms with E-state index in [4.69, 9.17) is 21.1 Å². The molecule has 0 aliphatic heterocycles. The molecular weight excluding hydrogens is 374 g/mol. The Morgan fingerprint density at radius 3 is 2.65 bits per heavy atom. The number of pyridine rings is 1. The van der Waals surface area contributed by atoms with Crippen molar-refractivity contribution in [1.82, 2.24) is 14.8 Å². The zero-order valence-electron chi connectivity index (χ0n) is 15.5. The van der Waals surface area contributed by atoms with Crippen molar-refractivity contribution >= 4 is 27.6 Å². The van der Waals surface area contributed by atoms with Crippen LogP contribution < -0.4 is 4.74 Å². The van der Waals surface area contributed by atoms with E-state index in [1.54, 1.807) is 36.0 Å². The topological polar surface area (TPSA) is 66.2 Å². The second-order valence-corrected chi connectivity index (χ2v) is 10.9. The standard InChI is InChI=1S/C18H24ClN3O3S/c1-6-24-18(23)14-7-8-15(20-17(14)19)22-11-9-16(21-22)25-12-10-13(2)26(3,4)5/h7-9,11H,2,6,10,12H2,1,3-5H3. The molecule has 2 rings (SSSR count). The molecule has 0 unspecified atom stereocenters. The fourth-order valence-corrected chi connectivity index (χ4v) is 2.92. The minimum atomic E-state index is -0.778. The van der Waals surface area contributed by atoms with Crippen LogP contribution in [0.25, 0.3) is 5.82 Å². The van der Waals surface area contributed by atoms with Gasteiger partial charge in [0.05, 0.1) is 18.8 Å². The molecule has 2 heterocycles. The summed E-state index contributed by atoms with van der Waals surface area (Å²) in [4.78, 5) is 17.2. The van der Waals surface area contributed by atoms with E-state index in [-0.39, 0.29) is 17.3 Å². The van der Waals surface area contributed by atoms with Gasteiger partial charge in [-0.1, -0.05) is 18.2 Å². The summed E-state index contributed by atoms with van der Waals surface area (Å²) < 4.78 is 12.2.